The standard InChI is InChI=1S/C19H38O2.C4H10/c1-3-4-5-6-7-8-9-10-11-12-13-14-15-16-17-18-19(20)21-2;1-3-4-2/h3-18H2,1-2H3;3-4H2,1-2H3. The molecule has 0 atom stereocenters. The van der Waals surface area contributed by atoms with Crippen LogP contribution in [0.5, 0.6) is 0 Å². The van der Waals surface area contributed by atoms with Crippen molar-refractivity contribution in [2.45, 2.75) is 136 Å². The summed E-state index contributed by atoms with van der Waals surface area (Å²) in [5.74, 6) is -0.0651. The zero-order chi connectivity index (χ0) is 19.0. The maximum Gasteiger partial charge on any atom is 0.305 e. The molecule has 0 radical (unpaired) electrons. The summed E-state index contributed by atoms with van der Waals surface area (Å²) in [7, 11) is 1.47. The van der Waals surface area contributed by atoms with Gasteiger partial charge >= 0.3 is 5.97 Å². The molecule has 0 aliphatic carbocycles. The van der Waals surface area contributed by atoms with Crippen molar-refractivity contribution in [1.29, 1.82) is 0 Å². The van der Waals surface area contributed by atoms with E-state index in [9.17, 15) is 4.79 Å². The SMILES string of the molecule is CCCC.CCCCCCCCCCCCCCCCCC(=O)OC. The zero-order valence-corrected chi connectivity index (χ0v) is 18.0. The number of hydrogen-bond donors (Lipinski definition) is 0. The van der Waals surface area contributed by atoms with Gasteiger partial charge in [-0.05, 0) is 6.42 Å². The summed E-state index contributed by atoms with van der Waals surface area (Å²) < 4.78 is 4.63. The minimum Gasteiger partial charge on any atom is -0.469 e. The summed E-state index contributed by atoms with van der Waals surface area (Å²) >= 11 is 0. The van der Waals surface area contributed by atoms with Gasteiger partial charge in [-0.25, -0.2) is 0 Å². The molecule has 0 amide bonds. The average Bonchev–Trinajstić information content (AvgIpc) is 2.64. The van der Waals surface area contributed by atoms with E-state index in [1.807, 2.05) is 0 Å². The van der Waals surface area contributed by atoms with E-state index in [0.717, 1.165) is 6.42 Å². The third kappa shape index (κ3) is 28.5. The predicted octanol–water partition coefficient (Wildman–Crippen LogP) is 8.23. The fraction of sp³-hybridized carbons (Fsp3) is 0.957. The van der Waals surface area contributed by atoms with Crippen molar-refractivity contribution in [3.8, 4) is 0 Å². The lowest BCUT2D eigenvalue weighted by Gasteiger charge is -2.03. The molecule has 0 spiro atoms. The lowest BCUT2D eigenvalue weighted by Crippen LogP contribution is -1.99. The first-order valence-electron chi connectivity index (χ1n) is 11.3. The lowest BCUT2D eigenvalue weighted by atomic mass is 10.0. The number of rotatable bonds is 17. The molecule has 0 N–H and O–H groups in total. The van der Waals surface area contributed by atoms with E-state index in [1.165, 1.54) is 110 Å². The average molecular weight is 357 g/mol. The van der Waals surface area contributed by atoms with Gasteiger partial charge in [-0.2, -0.15) is 0 Å². The van der Waals surface area contributed by atoms with E-state index in [4.69, 9.17) is 0 Å². The Kier molecular flexibility index (Phi) is 27.5. The second-order valence-corrected chi connectivity index (χ2v) is 7.28. The van der Waals surface area contributed by atoms with Crippen LogP contribution in [0.3, 0.4) is 0 Å². The van der Waals surface area contributed by atoms with Crippen molar-refractivity contribution < 1.29 is 9.53 Å². The molecule has 0 aliphatic heterocycles. The molecule has 0 aromatic carbocycles. The van der Waals surface area contributed by atoms with Gasteiger partial charge in [0.1, 0.15) is 0 Å². The lowest BCUT2D eigenvalue weighted by molar-refractivity contribution is -0.140. The molecule has 0 bridgehead atoms. The molecule has 0 fully saturated rings. The molecule has 152 valence electrons. The van der Waals surface area contributed by atoms with Gasteiger partial charge in [0.05, 0.1) is 7.11 Å². The van der Waals surface area contributed by atoms with E-state index in [0.29, 0.717) is 6.42 Å². The van der Waals surface area contributed by atoms with Crippen LogP contribution in [0.4, 0.5) is 0 Å². The summed E-state index contributed by atoms with van der Waals surface area (Å²) in [6, 6.07) is 0. The van der Waals surface area contributed by atoms with Crippen molar-refractivity contribution in [3.63, 3.8) is 0 Å². The van der Waals surface area contributed by atoms with Crippen molar-refractivity contribution in [2.24, 2.45) is 0 Å². The monoisotopic (exact) mass is 356 g/mol. The Labute approximate surface area is 159 Å². The van der Waals surface area contributed by atoms with E-state index in [2.05, 4.69) is 25.5 Å². The van der Waals surface area contributed by atoms with E-state index < -0.39 is 0 Å². The Morgan fingerprint density at radius 1 is 0.520 bits per heavy atom. The maximum absolute atomic E-state index is 10.9. The Morgan fingerprint density at radius 3 is 1.12 bits per heavy atom. The highest BCUT2D eigenvalue weighted by molar-refractivity contribution is 5.68. The number of carbonyl (C=O) groups is 1. The Bertz CT molecular complexity index is 236. The van der Waals surface area contributed by atoms with Gasteiger partial charge in [-0.1, -0.05) is 124 Å². The van der Waals surface area contributed by atoms with Crippen LogP contribution < -0.4 is 0 Å². The fourth-order valence-corrected chi connectivity index (χ4v) is 2.74. The highest BCUT2D eigenvalue weighted by Gasteiger charge is 1.99. The summed E-state index contributed by atoms with van der Waals surface area (Å²) in [5, 5.41) is 0. The van der Waals surface area contributed by atoms with Crippen molar-refractivity contribution in [1.82, 2.24) is 0 Å². The van der Waals surface area contributed by atoms with Crippen LogP contribution in [-0.4, -0.2) is 13.1 Å². The fourth-order valence-electron chi connectivity index (χ4n) is 2.74. The number of hydrogen-bond acceptors (Lipinski definition) is 2. The molecule has 0 rings (SSSR count). The molecule has 0 aromatic rings. The van der Waals surface area contributed by atoms with Crippen LogP contribution in [-0.2, 0) is 9.53 Å². The molecule has 0 unspecified atom stereocenters. The van der Waals surface area contributed by atoms with Gasteiger partial charge in [0, 0.05) is 6.42 Å². The summed E-state index contributed by atoms with van der Waals surface area (Å²) in [6.45, 7) is 6.64. The van der Waals surface area contributed by atoms with Crippen LogP contribution in [0.25, 0.3) is 0 Å². The highest BCUT2D eigenvalue weighted by atomic mass is 16.5. The third-order valence-corrected chi connectivity index (χ3v) is 4.71. The minimum atomic E-state index is -0.0651. The second-order valence-electron chi connectivity index (χ2n) is 7.28. The quantitative estimate of drug-likeness (QED) is 0.194. The number of esters is 1. The van der Waals surface area contributed by atoms with Crippen LogP contribution >= 0.6 is 0 Å². The zero-order valence-electron chi connectivity index (χ0n) is 18.0. The summed E-state index contributed by atoms with van der Waals surface area (Å²) in [6.07, 6.45) is 23.6. The molecular weight excluding hydrogens is 308 g/mol. The molecule has 0 saturated carbocycles. The Morgan fingerprint density at radius 2 is 0.840 bits per heavy atom. The maximum atomic E-state index is 10.9. The van der Waals surface area contributed by atoms with Gasteiger partial charge < -0.3 is 4.74 Å². The van der Waals surface area contributed by atoms with Gasteiger partial charge in [-0.3, -0.25) is 4.79 Å². The van der Waals surface area contributed by atoms with Crippen LogP contribution in [0.1, 0.15) is 136 Å². The van der Waals surface area contributed by atoms with Gasteiger partial charge in [0.25, 0.3) is 0 Å². The molecule has 0 heterocycles. The number of unbranched alkanes of at least 4 members (excludes halogenated alkanes) is 15. The predicted molar refractivity (Wildman–Crippen MR) is 112 cm³/mol. The van der Waals surface area contributed by atoms with E-state index >= 15 is 0 Å². The molecule has 0 aromatic heterocycles. The molecular formula is C23H48O2. The van der Waals surface area contributed by atoms with E-state index in [-0.39, 0.29) is 5.97 Å². The molecule has 0 aliphatic rings. The van der Waals surface area contributed by atoms with Gasteiger partial charge in [-0.15, -0.1) is 0 Å². The molecule has 2 nitrogen and oxygen atoms in total. The number of carbonyl (C=O) groups excluding carboxylic acids is 1. The van der Waals surface area contributed by atoms with E-state index in [1.54, 1.807) is 0 Å². The highest BCUT2D eigenvalue weighted by Crippen LogP contribution is 2.13. The second kappa shape index (κ2) is 25.7. The normalized spacial score (nSPS) is 10.2. The molecule has 0 saturated heterocycles. The molecule has 2 heteroatoms. The smallest absolute Gasteiger partial charge is 0.305 e. The Hall–Kier alpha value is -0.530. The number of ether oxygens (including phenoxy) is 1. The largest absolute Gasteiger partial charge is 0.469 e. The first-order chi connectivity index (χ1) is 12.2. The minimum absolute atomic E-state index is 0.0651. The van der Waals surface area contributed by atoms with Gasteiger partial charge in [0.2, 0.25) is 0 Å². The van der Waals surface area contributed by atoms with Gasteiger partial charge in [0.15, 0.2) is 0 Å². The van der Waals surface area contributed by atoms with Crippen LogP contribution in [0.15, 0.2) is 0 Å². The van der Waals surface area contributed by atoms with Crippen molar-refractivity contribution in [2.75, 3.05) is 7.11 Å². The third-order valence-electron chi connectivity index (χ3n) is 4.71. The topological polar surface area (TPSA) is 26.3 Å². The first kappa shape index (κ1) is 26.7. The van der Waals surface area contributed by atoms with Crippen molar-refractivity contribution in [3.05, 3.63) is 0 Å². The summed E-state index contributed by atoms with van der Waals surface area (Å²) in [5.41, 5.74) is 0. The van der Waals surface area contributed by atoms with Crippen molar-refractivity contribution >= 4 is 5.97 Å². The first-order valence-corrected chi connectivity index (χ1v) is 11.3. The van der Waals surface area contributed by atoms with Crippen LogP contribution in [0.2, 0.25) is 0 Å². The number of methoxy groups -OCH3 is 1. The van der Waals surface area contributed by atoms with Crippen LogP contribution in [0, 0.1) is 0 Å². The summed E-state index contributed by atoms with van der Waals surface area (Å²) in [4.78, 5) is 10.9. The molecule has 25 heavy (non-hydrogen) atoms. The Balaban J connectivity index is 0.